The zero-order chi connectivity index (χ0) is 10.6. The van der Waals surface area contributed by atoms with E-state index < -0.39 is 0 Å². The number of rotatable bonds is 4. The van der Waals surface area contributed by atoms with Crippen molar-refractivity contribution in [3.63, 3.8) is 0 Å². The van der Waals surface area contributed by atoms with Crippen molar-refractivity contribution in [2.75, 3.05) is 5.33 Å². The molecule has 1 aliphatic rings. The summed E-state index contributed by atoms with van der Waals surface area (Å²) in [6, 6.07) is 0.301. The lowest BCUT2D eigenvalue weighted by molar-refractivity contribution is -0.126. The van der Waals surface area contributed by atoms with E-state index in [0.717, 1.165) is 18.2 Å². The lowest BCUT2D eigenvalue weighted by Crippen LogP contribution is -2.38. The van der Waals surface area contributed by atoms with Crippen molar-refractivity contribution in [2.24, 2.45) is 11.8 Å². The molecule has 0 aromatic carbocycles. The van der Waals surface area contributed by atoms with Gasteiger partial charge in [0.1, 0.15) is 0 Å². The van der Waals surface area contributed by atoms with Crippen LogP contribution in [0.2, 0.25) is 0 Å². The molecule has 3 unspecified atom stereocenters. The molecule has 0 aromatic rings. The third-order valence-electron chi connectivity index (χ3n) is 3.13. The molecule has 0 aromatic heterocycles. The zero-order valence-corrected chi connectivity index (χ0v) is 10.6. The molecule has 1 fully saturated rings. The lowest BCUT2D eigenvalue weighted by atomic mass is 9.97. The van der Waals surface area contributed by atoms with Gasteiger partial charge in [0, 0.05) is 17.3 Å². The zero-order valence-electron chi connectivity index (χ0n) is 9.05. The number of nitrogens with one attached hydrogen (secondary N) is 1. The van der Waals surface area contributed by atoms with Gasteiger partial charge in [0.15, 0.2) is 0 Å². The Hall–Kier alpha value is -0.0500. The Labute approximate surface area is 95.0 Å². The summed E-state index contributed by atoms with van der Waals surface area (Å²) < 4.78 is 0. The smallest absolute Gasteiger partial charge is 0.223 e. The Balaban J connectivity index is 2.33. The molecule has 0 heterocycles. The van der Waals surface area contributed by atoms with Crippen LogP contribution in [0.15, 0.2) is 0 Å². The second kappa shape index (κ2) is 5.74. The van der Waals surface area contributed by atoms with Crippen LogP contribution < -0.4 is 5.32 Å². The molecule has 0 aliphatic heterocycles. The minimum absolute atomic E-state index is 0.267. The number of carbonyl (C=O) groups is 1. The topological polar surface area (TPSA) is 29.1 Å². The second-order valence-corrected chi connectivity index (χ2v) is 5.19. The van der Waals surface area contributed by atoms with Gasteiger partial charge in [0.2, 0.25) is 5.91 Å². The fourth-order valence-electron chi connectivity index (χ4n) is 2.12. The van der Waals surface area contributed by atoms with Crippen LogP contribution in [0.5, 0.6) is 0 Å². The standard InChI is InChI=1S/C11H20BrNO/c1-8-4-3-5-10(8)11(14)13-9(2)6-7-12/h8-10H,3-7H2,1-2H3,(H,13,14). The summed E-state index contributed by atoms with van der Waals surface area (Å²) in [5.74, 6) is 1.11. The summed E-state index contributed by atoms with van der Waals surface area (Å²) >= 11 is 3.38. The monoisotopic (exact) mass is 261 g/mol. The van der Waals surface area contributed by atoms with Crippen LogP contribution in [0.3, 0.4) is 0 Å². The number of alkyl halides is 1. The fraction of sp³-hybridized carbons (Fsp3) is 0.909. The van der Waals surface area contributed by atoms with Gasteiger partial charge in [-0.25, -0.2) is 0 Å². The van der Waals surface area contributed by atoms with Gasteiger partial charge in [-0.05, 0) is 32.1 Å². The first-order valence-electron chi connectivity index (χ1n) is 5.51. The largest absolute Gasteiger partial charge is 0.353 e. The highest BCUT2D eigenvalue weighted by molar-refractivity contribution is 9.09. The van der Waals surface area contributed by atoms with Crippen molar-refractivity contribution in [1.82, 2.24) is 5.32 Å². The third-order valence-corrected chi connectivity index (χ3v) is 3.59. The summed E-state index contributed by atoms with van der Waals surface area (Å²) in [5, 5.41) is 4.04. The number of carbonyl (C=O) groups excluding carboxylic acids is 1. The first-order valence-corrected chi connectivity index (χ1v) is 6.63. The molecule has 0 saturated heterocycles. The van der Waals surface area contributed by atoms with Gasteiger partial charge in [-0.3, -0.25) is 4.79 Å². The van der Waals surface area contributed by atoms with E-state index in [2.05, 4.69) is 35.1 Å². The molecule has 82 valence electrons. The summed E-state index contributed by atoms with van der Waals surface area (Å²) in [6.45, 7) is 4.26. The van der Waals surface area contributed by atoms with E-state index in [1.165, 1.54) is 12.8 Å². The second-order valence-electron chi connectivity index (χ2n) is 4.40. The van der Waals surface area contributed by atoms with Gasteiger partial charge in [-0.2, -0.15) is 0 Å². The molecule has 3 atom stereocenters. The Morgan fingerprint density at radius 2 is 2.29 bits per heavy atom. The Bertz CT molecular complexity index is 196. The van der Waals surface area contributed by atoms with Gasteiger partial charge < -0.3 is 5.32 Å². The summed E-state index contributed by atoms with van der Waals surface area (Å²) in [6.07, 6.45) is 4.51. The summed E-state index contributed by atoms with van der Waals surface area (Å²) in [7, 11) is 0. The normalized spacial score (nSPS) is 28.8. The number of hydrogen-bond acceptors (Lipinski definition) is 1. The average Bonchev–Trinajstić information content (AvgIpc) is 2.51. The molecule has 1 saturated carbocycles. The van der Waals surface area contributed by atoms with Crippen LogP contribution in [0.25, 0.3) is 0 Å². The lowest BCUT2D eigenvalue weighted by Gasteiger charge is -2.18. The molecule has 1 rings (SSSR count). The Morgan fingerprint density at radius 1 is 1.57 bits per heavy atom. The van der Waals surface area contributed by atoms with Crippen LogP contribution in [-0.2, 0) is 4.79 Å². The Morgan fingerprint density at radius 3 is 2.79 bits per heavy atom. The van der Waals surface area contributed by atoms with Crippen LogP contribution in [0.4, 0.5) is 0 Å². The number of hydrogen-bond donors (Lipinski definition) is 1. The molecule has 0 spiro atoms. The number of amides is 1. The highest BCUT2D eigenvalue weighted by Crippen LogP contribution is 2.31. The van der Waals surface area contributed by atoms with Gasteiger partial charge in [0.25, 0.3) is 0 Å². The summed E-state index contributed by atoms with van der Waals surface area (Å²) in [4.78, 5) is 11.8. The third kappa shape index (κ3) is 3.26. The maximum absolute atomic E-state index is 11.8. The minimum Gasteiger partial charge on any atom is -0.353 e. The van der Waals surface area contributed by atoms with Crippen LogP contribution in [-0.4, -0.2) is 17.3 Å². The molecule has 1 N–H and O–H groups in total. The van der Waals surface area contributed by atoms with Crippen molar-refractivity contribution in [2.45, 2.75) is 45.6 Å². The fourth-order valence-corrected chi connectivity index (χ4v) is 2.81. The van der Waals surface area contributed by atoms with E-state index in [-0.39, 0.29) is 11.8 Å². The van der Waals surface area contributed by atoms with Crippen LogP contribution in [0.1, 0.15) is 39.5 Å². The van der Waals surface area contributed by atoms with E-state index >= 15 is 0 Å². The van der Waals surface area contributed by atoms with Crippen LogP contribution >= 0.6 is 15.9 Å². The van der Waals surface area contributed by atoms with Crippen molar-refractivity contribution < 1.29 is 4.79 Å². The molecule has 0 bridgehead atoms. The molecule has 1 amide bonds. The predicted molar refractivity (Wildman–Crippen MR) is 62.5 cm³/mol. The van der Waals surface area contributed by atoms with E-state index in [0.29, 0.717) is 12.0 Å². The van der Waals surface area contributed by atoms with Crippen molar-refractivity contribution >= 4 is 21.8 Å². The van der Waals surface area contributed by atoms with Crippen molar-refractivity contribution in [1.29, 1.82) is 0 Å². The maximum atomic E-state index is 11.8. The van der Waals surface area contributed by atoms with E-state index in [1.54, 1.807) is 0 Å². The van der Waals surface area contributed by atoms with Crippen LogP contribution in [0, 0.1) is 11.8 Å². The van der Waals surface area contributed by atoms with Gasteiger partial charge >= 0.3 is 0 Å². The van der Waals surface area contributed by atoms with Gasteiger partial charge in [-0.15, -0.1) is 0 Å². The molecule has 0 radical (unpaired) electrons. The van der Waals surface area contributed by atoms with E-state index in [9.17, 15) is 4.79 Å². The van der Waals surface area contributed by atoms with E-state index in [1.807, 2.05) is 0 Å². The van der Waals surface area contributed by atoms with Crippen molar-refractivity contribution in [3.05, 3.63) is 0 Å². The highest BCUT2D eigenvalue weighted by atomic mass is 79.9. The predicted octanol–water partition coefficient (Wildman–Crippen LogP) is 2.71. The first-order chi connectivity index (χ1) is 6.65. The van der Waals surface area contributed by atoms with Gasteiger partial charge in [-0.1, -0.05) is 29.3 Å². The molecular weight excluding hydrogens is 242 g/mol. The summed E-state index contributed by atoms with van der Waals surface area (Å²) in [5.41, 5.74) is 0. The van der Waals surface area contributed by atoms with E-state index in [4.69, 9.17) is 0 Å². The Kier molecular flexibility index (Phi) is 4.93. The molecule has 2 nitrogen and oxygen atoms in total. The molecular formula is C11H20BrNO. The first kappa shape index (κ1) is 12.0. The molecule has 14 heavy (non-hydrogen) atoms. The molecule has 3 heteroatoms. The number of halogens is 1. The van der Waals surface area contributed by atoms with Crippen molar-refractivity contribution in [3.8, 4) is 0 Å². The van der Waals surface area contributed by atoms with Gasteiger partial charge in [0.05, 0.1) is 0 Å². The SMILES string of the molecule is CC(CCBr)NC(=O)C1CCCC1C. The minimum atomic E-state index is 0.267. The quantitative estimate of drug-likeness (QED) is 0.775. The maximum Gasteiger partial charge on any atom is 0.223 e. The molecule has 1 aliphatic carbocycles. The average molecular weight is 262 g/mol. The highest BCUT2D eigenvalue weighted by Gasteiger charge is 2.29.